The van der Waals surface area contributed by atoms with Crippen molar-refractivity contribution in [2.75, 3.05) is 11.3 Å². The Bertz CT molecular complexity index is 828. The van der Waals surface area contributed by atoms with E-state index < -0.39 is 10.0 Å². The van der Waals surface area contributed by atoms with Gasteiger partial charge in [0.25, 0.3) is 15.9 Å². The largest absolute Gasteiger partial charge is 0.352 e. The van der Waals surface area contributed by atoms with Gasteiger partial charge in [0.2, 0.25) is 0 Å². The number of carbonyl (C=O) groups excluding carboxylic acids is 1. The molecule has 0 atom stereocenters. The van der Waals surface area contributed by atoms with Crippen molar-refractivity contribution in [2.45, 2.75) is 32.1 Å². The molecule has 2 N–H and O–H groups in total. The lowest BCUT2D eigenvalue weighted by Crippen LogP contribution is -2.24. The van der Waals surface area contributed by atoms with E-state index in [0.717, 1.165) is 17.5 Å². The van der Waals surface area contributed by atoms with Crippen molar-refractivity contribution in [2.24, 2.45) is 0 Å². The average molecular weight is 346 g/mol. The van der Waals surface area contributed by atoms with E-state index in [-0.39, 0.29) is 10.8 Å². The maximum absolute atomic E-state index is 12.5. The summed E-state index contributed by atoms with van der Waals surface area (Å²) >= 11 is 0. The predicted molar refractivity (Wildman–Crippen MR) is 95.8 cm³/mol. The van der Waals surface area contributed by atoms with Crippen LogP contribution in [0.25, 0.3) is 0 Å². The van der Waals surface area contributed by atoms with Crippen LogP contribution >= 0.6 is 0 Å². The molecule has 0 spiro atoms. The molecule has 1 amide bonds. The number of benzene rings is 2. The summed E-state index contributed by atoms with van der Waals surface area (Å²) in [5, 5.41) is 2.76. The summed E-state index contributed by atoms with van der Waals surface area (Å²) in [5.41, 5.74) is 2.89. The molecule has 0 aliphatic rings. The van der Waals surface area contributed by atoms with E-state index in [1.54, 1.807) is 12.1 Å². The lowest BCUT2D eigenvalue weighted by molar-refractivity contribution is 0.0953. The fraction of sp³-hybridized carbons (Fsp3) is 0.278. The lowest BCUT2D eigenvalue weighted by Gasteiger charge is -2.12. The number of rotatable bonds is 6. The minimum absolute atomic E-state index is 0.121. The molecular weight excluding hydrogens is 324 g/mol. The first-order valence-corrected chi connectivity index (χ1v) is 9.30. The highest BCUT2D eigenvalue weighted by atomic mass is 32.2. The first-order valence-electron chi connectivity index (χ1n) is 7.82. The molecule has 128 valence electrons. The van der Waals surface area contributed by atoms with Gasteiger partial charge in [-0.25, -0.2) is 8.42 Å². The molecule has 2 aromatic rings. The molecule has 2 rings (SSSR count). The Kier molecular flexibility index (Phi) is 5.62. The number of carbonyl (C=O) groups is 1. The molecule has 0 bridgehead atoms. The predicted octanol–water partition coefficient (Wildman–Crippen LogP) is 3.24. The van der Waals surface area contributed by atoms with Gasteiger partial charge in [0.05, 0.1) is 10.6 Å². The molecule has 0 saturated heterocycles. The van der Waals surface area contributed by atoms with Gasteiger partial charge in [-0.15, -0.1) is 0 Å². The normalized spacial score (nSPS) is 11.1. The Morgan fingerprint density at radius 2 is 1.71 bits per heavy atom. The van der Waals surface area contributed by atoms with Crippen LogP contribution in [0, 0.1) is 13.8 Å². The molecule has 0 unspecified atom stereocenters. The Hall–Kier alpha value is -2.34. The van der Waals surface area contributed by atoms with Gasteiger partial charge in [-0.05, 0) is 61.7 Å². The average Bonchev–Trinajstić information content (AvgIpc) is 2.57. The molecule has 24 heavy (non-hydrogen) atoms. The zero-order valence-corrected chi connectivity index (χ0v) is 14.9. The summed E-state index contributed by atoms with van der Waals surface area (Å²) in [4.78, 5) is 12.0. The monoisotopic (exact) mass is 346 g/mol. The Balaban J connectivity index is 2.21. The zero-order valence-electron chi connectivity index (χ0n) is 14.1. The van der Waals surface area contributed by atoms with E-state index in [0.29, 0.717) is 17.8 Å². The van der Waals surface area contributed by atoms with Crippen LogP contribution < -0.4 is 10.0 Å². The van der Waals surface area contributed by atoms with Crippen molar-refractivity contribution in [3.63, 3.8) is 0 Å². The number of sulfonamides is 1. The fourth-order valence-electron chi connectivity index (χ4n) is 2.19. The van der Waals surface area contributed by atoms with Gasteiger partial charge >= 0.3 is 0 Å². The molecule has 5 nitrogen and oxygen atoms in total. The van der Waals surface area contributed by atoms with Crippen LogP contribution in [0.3, 0.4) is 0 Å². The van der Waals surface area contributed by atoms with Crippen LogP contribution in [0.15, 0.2) is 47.4 Å². The Morgan fingerprint density at radius 3 is 2.33 bits per heavy atom. The standard InChI is InChI=1S/C18H22N2O3S/c1-4-12-19-18(21)15-8-10-16(11-9-15)24(22,23)20-17-7-5-6-13(2)14(17)3/h5-11,20H,4,12H2,1-3H3,(H,19,21). The topological polar surface area (TPSA) is 75.3 Å². The van der Waals surface area contributed by atoms with Crippen molar-refractivity contribution >= 4 is 21.6 Å². The minimum Gasteiger partial charge on any atom is -0.352 e. The first kappa shape index (κ1) is 18.0. The van der Waals surface area contributed by atoms with Gasteiger partial charge in [0, 0.05) is 12.1 Å². The zero-order chi connectivity index (χ0) is 17.7. The summed E-state index contributed by atoms with van der Waals surface area (Å²) in [7, 11) is -3.69. The lowest BCUT2D eigenvalue weighted by atomic mass is 10.1. The third kappa shape index (κ3) is 4.14. The van der Waals surface area contributed by atoms with E-state index in [4.69, 9.17) is 0 Å². The van der Waals surface area contributed by atoms with Crippen LogP contribution in [0.5, 0.6) is 0 Å². The highest BCUT2D eigenvalue weighted by molar-refractivity contribution is 7.92. The van der Waals surface area contributed by atoms with Crippen LogP contribution in [-0.4, -0.2) is 20.9 Å². The maximum Gasteiger partial charge on any atom is 0.261 e. The molecule has 2 aromatic carbocycles. The second-order valence-corrected chi connectivity index (χ2v) is 7.32. The van der Waals surface area contributed by atoms with Crippen molar-refractivity contribution in [3.05, 3.63) is 59.2 Å². The van der Waals surface area contributed by atoms with Gasteiger partial charge in [-0.2, -0.15) is 0 Å². The Morgan fingerprint density at radius 1 is 1.04 bits per heavy atom. The van der Waals surface area contributed by atoms with Crippen LogP contribution in [0.2, 0.25) is 0 Å². The molecule has 6 heteroatoms. The summed E-state index contributed by atoms with van der Waals surface area (Å²) < 4.78 is 27.6. The molecule has 0 aromatic heterocycles. The molecule has 0 aliphatic heterocycles. The Labute approximate surface area is 143 Å². The van der Waals surface area contributed by atoms with Crippen molar-refractivity contribution in [1.29, 1.82) is 0 Å². The second kappa shape index (κ2) is 7.49. The van der Waals surface area contributed by atoms with E-state index in [1.165, 1.54) is 24.3 Å². The van der Waals surface area contributed by atoms with Gasteiger partial charge in [-0.1, -0.05) is 19.1 Å². The highest BCUT2D eigenvalue weighted by Crippen LogP contribution is 2.22. The second-order valence-electron chi connectivity index (χ2n) is 5.63. The molecule has 0 radical (unpaired) electrons. The van der Waals surface area contributed by atoms with E-state index in [2.05, 4.69) is 10.0 Å². The minimum atomic E-state index is -3.69. The first-order chi connectivity index (χ1) is 11.3. The summed E-state index contributed by atoms with van der Waals surface area (Å²) in [6, 6.07) is 11.4. The van der Waals surface area contributed by atoms with Crippen molar-refractivity contribution in [1.82, 2.24) is 5.32 Å². The van der Waals surface area contributed by atoms with Crippen LogP contribution in [0.1, 0.15) is 34.8 Å². The molecule has 0 fully saturated rings. The third-order valence-electron chi connectivity index (χ3n) is 3.81. The molecule has 0 saturated carbocycles. The van der Waals surface area contributed by atoms with Gasteiger partial charge in [-0.3, -0.25) is 9.52 Å². The maximum atomic E-state index is 12.5. The molecule has 0 heterocycles. The quantitative estimate of drug-likeness (QED) is 0.843. The van der Waals surface area contributed by atoms with Crippen molar-refractivity contribution < 1.29 is 13.2 Å². The van der Waals surface area contributed by atoms with Gasteiger partial charge < -0.3 is 5.32 Å². The fourth-order valence-corrected chi connectivity index (χ4v) is 3.31. The van der Waals surface area contributed by atoms with Crippen LogP contribution in [-0.2, 0) is 10.0 Å². The summed E-state index contributed by atoms with van der Waals surface area (Å²) in [6.07, 6.45) is 0.845. The molecular formula is C18H22N2O3S. The number of aryl methyl sites for hydroxylation is 1. The SMILES string of the molecule is CCCNC(=O)c1ccc(S(=O)(=O)Nc2cccc(C)c2C)cc1. The number of hydrogen-bond donors (Lipinski definition) is 2. The van der Waals surface area contributed by atoms with Gasteiger partial charge in [0.1, 0.15) is 0 Å². The third-order valence-corrected chi connectivity index (χ3v) is 5.19. The van der Waals surface area contributed by atoms with Crippen LogP contribution in [0.4, 0.5) is 5.69 Å². The number of anilines is 1. The number of nitrogens with one attached hydrogen (secondary N) is 2. The van der Waals surface area contributed by atoms with E-state index >= 15 is 0 Å². The van der Waals surface area contributed by atoms with Crippen molar-refractivity contribution in [3.8, 4) is 0 Å². The van der Waals surface area contributed by atoms with E-state index in [1.807, 2.05) is 26.8 Å². The van der Waals surface area contributed by atoms with Gasteiger partial charge in [0.15, 0.2) is 0 Å². The van der Waals surface area contributed by atoms with E-state index in [9.17, 15) is 13.2 Å². The number of amides is 1. The summed E-state index contributed by atoms with van der Waals surface area (Å²) in [5.74, 6) is -0.205. The smallest absolute Gasteiger partial charge is 0.261 e. The molecule has 0 aliphatic carbocycles. The number of hydrogen-bond acceptors (Lipinski definition) is 3. The summed E-state index contributed by atoms with van der Waals surface area (Å²) in [6.45, 7) is 6.35. The highest BCUT2D eigenvalue weighted by Gasteiger charge is 2.16.